The van der Waals surface area contributed by atoms with E-state index in [1.54, 1.807) is 97.1 Å². The lowest BCUT2D eigenvalue weighted by molar-refractivity contribution is -0.275. The molecule has 394 valence electrons. The molecule has 0 atom stereocenters. The van der Waals surface area contributed by atoms with Crippen LogP contribution in [-0.4, -0.2) is 102 Å². The number of nitrogens with zero attached hydrogens (tertiary/aromatic N) is 12. The first kappa shape index (κ1) is 52.2. The van der Waals surface area contributed by atoms with Gasteiger partial charge in [0.05, 0.1) is 46.7 Å². The van der Waals surface area contributed by atoms with Crippen molar-refractivity contribution in [3.63, 3.8) is 0 Å². The minimum Gasteiger partial charge on any atom is -0.490 e. The summed E-state index contributed by atoms with van der Waals surface area (Å²) >= 11 is 2.46. The molecule has 4 heterocycles. The van der Waals surface area contributed by atoms with Gasteiger partial charge in [0.1, 0.15) is 48.9 Å². The van der Waals surface area contributed by atoms with Gasteiger partial charge in [-0.1, -0.05) is 90.3 Å². The summed E-state index contributed by atoms with van der Waals surface area (Å²) in [7, 11) is 0. The van der Waals surface area contributed by atoms with Crippen molar-refractivity contribution in [2.75, 3.05) is 34.5 Å². The summed E-state index contributed by atoms with van der Waals surface area (Å²) in [4.78, 5) is 37.8. The summed E-state index contributed by atoms with van der Waals surface area (Å²) < 4.78 is 98.2. The second kappa shape index (κ2) is 22.9. The molecule has 2 aliphatic heterocycles. The van der Waals surface area contributed by atoms with Crippen LogP contribution in [0.4, 0.5) is 37.7 Å². The Hall–Kier alpha value is -9.30. The number of para-hydroxylation sites is 2. The van der Waals surface area contributed by atoms with Crippen molar-refractivity contribution < 1.29 is 54.9 Å². The Kier molecular flexibility index (Phi) is 15.3. The second-order valence-corrected chi connectivity index (χ2v) is 18.2. The highest BCUT2D eigenvalue weighted by Crippen LogP contribution is 2.35. The molecule has 2 amide bonds. The number of thioether (sulfide) groups is 2. The fourth-order valence-electron chi connectivity index (χ4n) is 7.52. The van der Waals surface area contributed by atoms with Crippen molar-refractivity contribution in [3.8, 4) is 57.1 Å². The van der Waals surface area contributed by atoms with E-state index in [1.807, 2.05) is 0 Å². The van der Waals surface area contributed by atoms with E-state index in [2.05, 4.69) is 50.0 Å². The Morgan fingerprint density at radius 2 is 1.01 bits per heavy atom. The number of aromatic nitrogens is 6. The summed E-state index contributed by atoms with van der Waals surface area (Å²) in [5.41, 5.74) is 4.74. The van der Waals surface area contributed by atoms with Crippen molar-refractivity contribution >= 4 is 69.5 Å². The third-order valence-electron chi connectivity index (χ3n) is 11.0. The SMILES string of the molecule is O=C1CS/C(=N\N=C\c2ccc(-c3ncn(-c4ccc(OC(F)(F)F)cc4)n3)cc2)N1c1cccc(OCCOc2ccccc2N2C(=O)CS/C2=N\N=C\c2ccc(-c3ncn(-c4ccc(OC(F)(F)F)cc4)n3)cc2)c1. The number of rotatable bonds is 17. The Labute approximate surface area is 446 Å². The predicted molar refractivity (Wildman–Crippen MR) is 281 cm³/mol. The maximum atomic E-state index is 13.2. The zero-order chi connectivity index (χ0) is 54.2. The van der Waals surface area contributed by atoms with Gasteiger partial charge in [-0.2, -0.15) is 10.2 Å². The number of carbonyl (C=O) groups is 2. The van der Waals surface area contributed by atoms with Crippen LogP contribution >= 0.6 is 23.5 Å². The Morgan fingerprint density at radius 3 is 1.54 bits per heavy atom. The van der Waals surface area contributed by atoms with E-state index in [0.717, 1.165) is 0 Å². The number of amides is 2. The number of halogens is 6. The van der Waals surface area contributed by atoms with Crippen LogP contribution in [0.25, 0.3) is 34.2 Å². The third-order valence-corrected chi connectivity index (χ3v) is 12.8. The van der Waals surface area contributed by atoms with Crippen molar-refractivity contribution in [1.82, 2.24) is 29.5 Å². The zero-order valence-electron chi connectivity index (χ0n) is 39.9. The number of carbonyl (C=O) groups excluding carboxylic acids is 2. The van der Waals surface area contributed by atoms with Crippen molar-refractivity contribution in [1.29, 1.82) is 0 Å². The van der Waals surface area contributed by atoms with Crippen LogP contribution in [-0.2, 0) is 9.59 Å². The minimum absolute atomic E-state index is 0.100. The van der Waals surface area contributed by atoms with Gasteiger partial charge in [0.25, 0.3) is 0 Å². The fourth-order valence-corrected chi connectivity index (χ4v) is 9.16. The first-order chi connectivity index (χ1) is 37.7. The molecule has 0 bridgehead atoms. The highest BCUT2D eigenvalue weighted by atomic mass is 32.2. The lowest BCUT2D eigenvalue weighted by atomic mass is 10.1. The Balaban J connectivity index is 0.717. The van der Waals surface area contributed by atoms with Gasteiger partial charge in [-0.05, 0) is 83.9 Å². The summed E-state index contributed by atoms with van der Waals surface area (Å²) in [5, 5.41) is 26.8. The van der Waals surface area contributed by atoms with Crippen LogP contribution in [0, 0.1) is 0 Å². The van der Waals surface area contributed by atoms with Gasteiger partial charge in [-0.3, -0.25) is 19.4 Å². The molecule has 10 rings (SSSR count). The topological polar surface area (TPSA) is 188 Å². The van der Waals surface area contributed by atoms with E-state index >= 15 is 0 Å². The van der Waals surface area contributed by atoms with E-state index in [0.29, 0.717) is 78.5 Å². The number of benzene rings is 6. The molecule has 0 N–H and O–H groups in total. The molecule has 2 fully saturated rings. The normalized spacial score (nSPS) is 15.2. The molecule has 8 aromatic rings. The molecule has 6 aromatic carbocycles. The third kappa shape index (κ3) is 13.0. The molecule has 18 nitrogen and oxygen atoms in total. The largest absolute Gasteiger partial charge is 0.573 e. The highest BCUT2D eigenvalue weighted by molar-refractivity contribution is 8.15. The maximum Gasteiger partial charge on any atom is 0.573 e. The number of hydrogen-bond donors (Lipinski definition) is 0. The van der Waals surface area contributed by atoms with E-state index in [9.17, 15) is 35.9 Å². The molecule has 0 saturated carbocycles. The van der Waals surface area contributed by atoms with E-state index < -0.39 is 12.7 Å². The second-order valence-electron chi connectivity index (χ2n) is 16.3. The zero-order valence-corrected chi connectivity index (χ0v) is 41.5. The van der Waals surface area contributed by atoms with Crippen molar-refractivity contribution in [2.45, 2.75) is 12.7 Å². The number of anilines is 2. The lowest BCUT2D eigenvalue weighted by Crippen LogP contribution is -2.29. The summed E-state index contributed by atoms with van der Waals surface area (Å²) in [5.74, 6) is 0.850. The lowest BCUT2D eigenvalue weighted by Gasteiger charge is -2.19. The van der Waals surface area contributed by atoms with Crippen LogP contribution in [0.5, 0.6) is 23.0 Å². The highest BCUT2D eigenvalue weighted by Gasteiger charge is 2.34. The van der Waals surface area contributed by atoms with Crippen molar-refractivity contribution in [2.24, 2.45) is 20.4 Å². The summed E-state index contributed by atoms with van der Waals surface area (Å²) in [6.45, 7) is 0.214. The van der Waals surface area contributed by atoms with E-state index in [1.165, 1.54) is 116 Å². The van der Waals surface area contributed by atoms with Gasteiger partial charge < -0.3 is 18.9 Å². The molecule has 26 heteroatoms. The van der Waals surface area contributed by atoms with Gasteiger partial charge >= 0.3 is 12.7 Å². The molecule has 78 heavy (non-hydrogen) atoms. The molecule has 0 spiro atoms. The molecule has 0 radical (unpaired) electrons. The fraction of sp³-hybridized carbons (Fsp3) is 0.115. The van der Waals surface area contributed by atoms with Gasteiger partial charge in [0, 0.05) is 17.2 Å². The van der Waals surface area contributed by atoms with Crippen molar-refractivity contribution in [3.05, 3.63) is 169 Å². The van der Waals surface area contributed by atoms with Crippen LogP contribution in [0.15, 0.2) is 179 Å². The predicted octanol–water partition coefficient (Wildman–Crippen LogP) is 10.4. The number of hydrogen-bond acceptors (Lipinski definition) is 16. The standard InChI is InChI=1S/C52H36F6N12O6S2/c53-51(54,55)75-40-20-16-37(17-21-40)67-31-59-47(65-67)35-12-8-33(9-13-35)27-61-63-49-69(45(71)29-77-49)39-4-3-5-42(26-39)73-24-25-74-44-7-2-1-6-43(44)70-46(72)30-78-50(70)64-62-28-34-10-14-36(15-11-34)48-60-32-68(66-48)38-18-22-41(23-19-38)76-52(56,57)58/h1-23,26-28,31-32H,24-25,29-30H2/b61-27+,62-28+,63-49-,64-50-. The molecule has 0 unspecified atom stereocenters. The Morgan fingerprint density at radius 1 is 0.526 bits per heavy atom. The molecule has 2 aliphatic rings. The van der Waals surface area contributed by atoms with Gasteiger partial charge in [0.2, 0.25) is 11.8 Å². The maximum absolute atomic E-state index is 13.2. The number of alkyl halides is 6. The molecule has 0 aliphatic carbocycles. The van der Waals surface area contributed by atoms with Gasteiger partial charge in [0.15, 0.2) is 22.0 Å². The number of amidine groups is 2. The van der Waals surface area contributed by atoms with E-state index in [-0.39, 0.29) is 48.0 Å². The van der Waals surface area contributed by atoms with Crippen LogP contribution in [0.3, 0.4) is 0 Å². The average Bonchev–Trinajstić information content (AvgIpc) is 4.29. The monoisotopic (exact) mass is 1100 g/mol. The van der Waals surface area contributed by atoms with Gasteiger partial charge in [-0.15, -0.1) is 46.7 Å². The smallest absolute Gasteiger partial charge is 0.490 e. The molecular formula is C52H36F6N12O6S2. The molecular weight excluding hydrogens is 1070 g/mol. The number of ether oxygens (including phenoxy) is 4. The quantitative estimate of drug-likeness (QED) is 0.0364. The average molecular weight is 1100 g/mol. The van der Waals surface area contributed by atoms with Gasteiger partial charge in [-0.25, -0.2) is 19.3 Å². The van der Waals surface area contributed by atoms with Crippen LogP contribution < -0.4 is 28.7 Å². The van der Waals surface area contributed by atoms with Crippen LogP contribution in [0.2, 0.25) is 0 Å². The van der Waals surface area contributed by atoms with E-state index in [4.69, 9.17) is 9.47 Å². The minimum atomic E-state index is -4.80. The van der Waals surface area contributed by atoms with Crippen LogP contribution in [0.1, 0.15) is 11.1 Å². The summed E-state index contributed by atoms with van der Waals surface area (Å²) in [6, 6.07) is 38.7. The first-order valence-electron chi connectivity index (χ1n) is 23.0. The Bertz CT molecular complexity index is 3570. The first-order valence-corrected chi connectivity index (χ1v) is 25.0. The molecule has 2 saturated heterocycles. The summed E-state index contributed by atoms with van der Waals surface area (Å²) in [6.07, 6.45) is -3.63. The molecule has 2 aromatic heterocycles.